The number of aryl methyl sites for hydroxylation is 4. The van der Waals surface area contributed by atoms with Crippen molar-refractivity contribution in [2.45, 2.75) is 184 Å². The van der Waals surface area contributed by atoms with Gasteiger partial charge in [0.05, 0.1) is 0 Å². The Labute approximate surface area is 569 Å². The number of hydrogen-bond acceptors (Lipinski definition) is 1. The molecule has 0 N–H and O–H groups in total. The number of rotatable bonds is 18. The number of benzene rings is 10. The first-order valence-corrected chi connectivity index (χ1v) is 34.5. The van der Waals surface area contributed by atoms with E-state index in [-0.39, 0.29) is 39.2 Å². The molecule has 2 heteroatoms. The van der Waals surface area contributed by atoms with Gasteiger partial charge < -0.3 is 4.90 Å². The number of allylic oxidation sites excluding steroid dienone is 4. The highest BCUT2D eigenvalue weighted by Crippen LogP contribution is 2.41. The maximum absolute atomic E-state index is 2.60. The van der Waals surface area contributed by atoms with Crippen LogP contribution in [0.1, 0.15) is 201 Å². The van der Waals surface area contributed by atoms with Crippen molar-refractivity contribution in [2.75, 3.05) is 4.90 Å². The fourth-order valence-corrected chi connectivity index (χ4v) is 13.8. The minimum atomic E-state index is -0.257. The van der Waals surface area contributed by atoms with Crippen molar-refractivity contribution >= 4 is 40.2 Å². The van der Waals surface area contributed by atoms with Gasteiger partial charge in [0.15, 0.2) is 0 Å². The topological polar surface area (TPSA) is 3.24 Å². The number of nitrogens with zero attached hydrogens (tertiary/aromatic N) is 1. The molecule has 0 saturated heterocycles. The van der Waals surface area contributed by atoms with E-state index < -0.39 is 0 Å². The van der Waals surface area contributed by atoms with E-state index in [1.165, 1.54) is 105 Å². The second kappa shape index (κ2) is 28.6. The molecule has 10 aromatic rings. The third-order valence-corrected chi connectivity index (χ3v) is 20.5. The highest BCUT2D eigenvalue weighted by molar-refractivity contribution is 6.96. The molecule has 94 heavy (non-hydrogen) atoms. The van der Waals surface area contributed by atoms with Crippen molar-refractivity contribution in [3.63, 3.8) is 0 Å². The van der Waals surface area contributed by atoms with Gasteiger partial charge in [-0.2, -0.15) is 0 Å². The van der Waals surface area contributed by atoms with Crippen LogP contribution in [0.2, 0.25) is 0 Å². The molecule has 0 saturated carbocycles. The van der Waals surface area contributed by atoms with E-state index in [0.717, 1.165) is 29.9 Å². The van der Waals surface area contributed by atoms with Crippen LogP contribution in [0.25, 0.3) is 0 Å². The Bertz CT molecular complexity index is 4150. The lowest BCUT2D eigenvalue weighted by atomic mass is 9.33. The van der Waals surface area contributed by atoms with Crippen molar-refractivity contribution in [2.24, 2.45) is 0 Å². The molecule has 10 aromatic carbocycles. The molecular formula is C92H106BN. The summed E-state index contributed by atoms with van der Waals surface area (Å²) in [5.41, 5.74) is 28.0. The first-order chi connectivity index (χ1) is 44.5. The molecule has 0 spiro atoms. The summed E-state index contributed by atoms with van der Waals surface area (Å²) in [7, 11) is 0. The van der Waals surface area contributed by atoms with Crippen LogP contribution in [0.4, 0.5) is 17.1 Å². The lowest BCUT2D eigenvalue weighted by molar-refractivity contribution is 0.590. The average molecular weight is 1240 g/mol. The summed E-state index contributed by atoms with van der Waals surface area (Å²) in [6, 6.07) is 89.1. The van der Waals surface area contributed by atoms with E-state index in [1.54, 1.807) is 0 Å². The lowest BCUT2D eigenvalue weighted by Crippen LogP contribution is -2.56. The lowest BCUT2D eigenvalue weighted by Gasteiger charge is -2.33. The van der Waals surface area contributed by atoms with Gasteiger partial charge in [0.1, 0.15) is 0 Å². The van der Waals surface area contributed by atoms with Crippen molar-refractivity contribution < 1.29 is 0 Å². The van der Waals surface area contributed by atoms with Crippen molar-refractivity contribution in [1.29, 1.82) is 0 Å². The van der Waals surface area contributed by atoms with Gasteiger partial charge in [-0.1, -0.05) is 361 Å². The van der Waals surface area contributed by atoms with Gasteiger partial charge in [-0.3, -0.25) is 0 Å². The van der Waals surface area contributed by atoms with Crippen LogP contribution >= 0.6 is 0 Å². The molecule has 0 aromatic heterocycles. The predicted octanol–water partition coefficient (Wildman–Crippen LogP) is 22.9. The molecular weight excluding hydrogens is 1130 g/mol. The van der Waals surface area contributed by atoms with E-state index in [9.17, 15) is 0 Å². The second-order valence-electron chi connectivity index (χ2n) is 30.7. The summed E-state index contributed by atoms with van der Waals surface area (Å²) in [4.78, 5) is 2.50. The molecule has 0 bridgehead atoms. The van der Waals surface area contributed by atoms with Crippen LogP contribution in [0.3, 0.4) is 0 Å². The Hall–Kier alpha value is -8.46. The summed E-state index contributed by atoms with van der Waals surface area (Å²) in [6.07, 6.45) is 8.75. The molecule has 0 fully saturated rings. The van der Waals surface area contributed by atoms with E-state index >= 15 is 0 Å². The summed E-state index contributed by atoms with van der Waals surface area (Å²) in [6.45, 7) is 46.2. The van der Waals surface area contributed by atoms with E-state index in [1.807, 2.05) is 0 Å². The minimum Gasteiger partial charge on any atom is -0.310 e. The van der Waals surface area contributed by atoms with Gasteiger partial charge in [0, 0.05) is 38.7 Å². The molecule has 0 unspecified atom stereocenters. The molecule has 0 aliphatic heterocycles. The minimum absolute atomic E-state index is 0.0130. The highest BCUT2D eigenvalue weighted by Gasteiger charge is 2.35. The Morgan fingerprint density at radius 2 is 0.777 bits per heavy atom. The van der Waals surface area contributed by atoms with Crippen LogP contribution in [0.15, 0.2) is 260 Å². The Morgan fingerprint density at radius 3 is 1.22 bits per heavy atom. The first kappa shape index (κ1) is 69.9. The van der Waals surface area contributed by atoms with Gasteiger partial charge in [-0.05, 0) is 161 Å². The molecule has 10 rings (SSSR count). The van der Waals surface area contributed by atoms with Crippen molar-refractivity contribution in [1.82, 2.24) is 0 Å². The SMILES string of the molecule is C/C=C(\C=C/CC)C(C)(C)c1ccc(Cc2ccc(C(C)(C)c3ccccc3)cc2)c(B(c2cc(C(C)(C)c3ccccc3)ccc2C)c2c(C)cc(N(c3cccc(C(C)(C)C)c3)c3cccc(C(C)(C)C)c3)cc2C)c1.Cc1ccc(C(C)(C)c2ccccc2)cc1. The van der Waals surface area contributed by atoms with Crippen LogP contribution in [-0.4, -0.2) is 6.71 Å². The van der Waals surface area contributed by atoms with Crippen LogP contribution < -0.4 is 21.3 Å². The number of hydrogen-bond donors (Lipinski definition) is 0. The molecule has 0 radical (unpaired) electrons. The summed E-state index contributed by atoms with van der Waals surface area (Å²) < 4.78 is 0. The Morgan fingerprint density at radius 1 is 0.372 bits per heavy atom. The van der Waals surface area contributed by atoms with Gasteiger partial charge in [0.2, 0.25) is 6.71 Å². The third kappa shape index (κ3) is 15.5. The van der Waals surface area contributed by atoms with E-state index in [0.29, 0.717) is 0 Å². The molecule has 1 nitrogen and oxygen atoms in total. The maximum Gasteiger partial charge on any atom is 0.242 e. The molecule has 0 aliphatic rings. The predicted molar refractivity (Wildman–Crippen MR) is 413 cm³/mol. The van der Waals surface area contributed by atoms with Gasteiger partial charge in [-0.25, -0.2) is 0 Å². The van der Waals surface area contributed by atoms with Gasteiger partial charge >= 0.3 is 0 Å². The van der Waals surface area contributed by atoms with Gasteiger partial charge in [0.25, 0.3) is 0 Å². The molecule has 482 valence electrons. The van der Waals surface area contributed by atoms with E-state index in [4.69, 9.17) is 0 Å². The van der Waals surface area contributed by atoms with Crippen LogP contribution in [-0.2, 0) is 38.9 Å². The van der Waals surface area contributed by atoms with E-state index in [2.05, 4.69) is 398 Å². The van der Waals surface area contributed by atoms with Crippen molar-refractivity contribution in [3.8, 4) is 0 Å². The zero-order chi connectivity index (χ0) is 68.0. The fourth-order valence-electron chi connectivity index (χ4n) is 13.8. The summed E-state index contributed by atoms with van der Waals surface area (Å²) >= 11 is 0. The third-order valence-electron chi connectivity index (χ3n) is 20.5. The van der Waals surface area contributed by atoms with Crippen LogP contribution in [0.5, 0.6) is 0 Å². The standard InChI is InChI=1S/C76H88BN.C16H18/c1-18-20-29-58(19-2)74(12,13)65-45-41-57(48-56-39-43-61(44-40-56)75(14,15)59-30-23-21-24-31-59)70(52-65)77(69-51-64(42-38-53(69)3)76(16,17)60-32-25-22-26-33-60)71-54(4)46-68(47-55(71)5)78(66-36-27-34-62(49-66)72(6,7)8)67-37-28-35-63(50-67)73(9,10)11;1-13-9-11-15(12-10-13)16(2,3)14-7-5-4-6-8-14/h19-47,49-52H,18,48H2,1-17H3;4-12H,1-3H3/b29-20-,58-19+;. The second-order valence-corrected chi connectivity index (χ2v) is 30.7. The van der Waals surface area contributed by atoms with Gasteiger partial charge in [-0.15, -0.1) is 0 Å². The molecule has 0 atom stereocenters. The highest BCUT2D eigenvalue weighted by atomic mass is 15.1. The normalized spacial score (nSPS) is 12.6. The molecule has 0 amide bonds. The Kier molecular flexibility index (Phi) is 21.3. The van der Waals surface area contributed by atoms with Crippen molar-refractivity contribution in [3.05, 3.63) is 344 Å². The molecule has 0 heterocycles. The zero-order valence-corrected chi connectivity index (χ0v) is 60.7. The summed E-state index contributed by atoms with van der Waals surface area (Å²) in [5.74, 6) is 0. The average Bonchev–Trinajstić information content (AvgIpc) is 0.749. The zero-order valence-electron chi connectivity index (χ0n) is 60.7. The maximum atomic E-state index is 2.60. The van der Waals surface area contributed by atoms with Crippen LogP contribution in [0, 0.1) is 27.7 Å². The smallest absolute Gasteiger partial charge is 0.242 e. The molecule has 0 aliphatic carbocycles. The quantitative estimate of drug-likeness (QED) is 0.0611. The monoisotopic (exact) mass is 1240 g/mol. The summed E-state index contributed by atoms with van der Waals surface area (Å²) in [5, 5.41) is 0. The number of anilines is 3. The fraction of sp³-hybridized carbons (Fsp3) is 0.304. The first-order valence-electron chi connectivity index (χ1n) is 34.5. The Balaban J connectivity index is 0.000000564. The largest absolute Gasteiger partial charge is 0.310 e.